The molecule has 180 valence electrons. The minimum atomic E-state index is -3.51. The van der Waals surface area contributed by atoms with Crippen molar-refractivity contribution in [3.8, 4) is 17.0 Å². The van der Waals surface area contributed by atoms with Gasteiger partial charge in [0, 0.05) is 61.1 Å². The Morgan fingerprint density at radius 3 is 2.66 bits per heavy atom. The van der Waals surface area contributed by atoms with Crippen LogP contribution in [0.2, 0.25) is 0 Å². The van der Waals surface area contributed by atoms with Gasteiger partial charge in [-0.2, -0.15) is 0 Å². The van der Waals surface area contributed by atoms with Crippen molar-refractivity contribution in [3.05, 3.63) is 65.8 Å². The third-order valence-electron chi connectivity index (χ3n) is 5.90. The van der Waals surface area contributed by atoms with Crippen LogP contribution in [0.15, 0.2) is 59.3 Å². The largest absolute Gasteiger partial charge is 0.473 e. The summed E-state index contributed by atoms with van der Waals surface area (Å²) in [7, 11) is -3.51. The lowest BCUT2D eigenvalue weighted by Gasteiger charge is -2.32. The Bertz CT molecular complexity index is 1500. The number of carbonyl (C=O) groups is 1. The molecule has 0 N–H and O–H groups in total. The SMILES string of the molecule is CS(=O)(=O)c1ccc(-c2csc3c(OC4CCN(C(=O)c5cccnc5)CC4)ncnc23)c(F)c1. The number of hydrogen-bond acceptors (Lipinski definition) is 8. The molecule has 1 aliphatic rings. The number of benzene rings is 1. The molecular formula is C24H21FN4O4S2. The number of likely N-dealkylation sites (tertiary alicyclic amines) is 1. The maximum atomic E-state index is 14.8. The van der Waals surface area contributed by atoms with Gasteiger partial charge >= 0.3 is 0 Å². The number of fused-ring (bicyclic) bond motifs is 1. The smallest absolute Gasteiger partial charge is 0.255 e. The lowest BCUT2D eigenvalue weighted by molar-refractivity contribution is 0.0590. The zero-order valence-electron chi connectivity index (χ0n) is 18.7. The summed E-state index contributed by atoms with van der Waals surface area (Å²) < 4.78 is 45.1. The van der Waals surface area contributed by atoms with Crippen molar-refractivity contribution in [2.24, 2.45) is 0 Å². The fourth-order valence-corrected chi connectivity index (χ4v) is 5.64. The van der Waals surface area contributed by atoms with Crippen molar-refractivity contribution in [1.82, 2.24) is 19.9 Å². The molecule has 11 heteroatoms. The Kier molecular flexibility index (Phi) is 6.20. The topological polar surface area (TPSA) is 102 Å². The highest BCUT2D eigenvalue weighted by molar-refractivity contribution is 7.90. The maximum absolute atomic E-state index is 14.8. The molecule has 1 aliphatic heterocycles. The van der Waals surface area contributed by atoms with Crippen molar-refractivity contribution < 1.29 is 22.3 Å². The number of thiophene rings is 1. The number of pyridine rings is 1. The predicted octanol–water partition coefficient (Wildman–Crippen LogP) is 3.98. The van der Waals surface area contributed by atoms with E-state index < -0.39 is 15.7 Å². The van der Waals surface area contributed by atoms with E-state index in [1.165, 1.54) is 29.8 Å². The van der Waals surface area contributed by atoms with E-state index in [9.17, 15) is 17.6 Å². The molecule has 8 nitrogen and oxygen atoms in total. The van der Waals surface area contributed by atoms with E-state index in [2.05, 4.69) is 15.0 Å². The van der Waals surface area contributed by atoms with Crippen LogP contribution in [0.25, 0.3) is 21.3 Å². The number of carbonyl (C=O) groups excluding carboxylic acids is 1. The molecule has 0 unspecified atom stereocenters. The molecule has 0 aliphatic carbocycles. The van der Waals surface area contributed by atoms with Crippen LogP contribution in [0.5, 0.6) is 5.88 Å². The number of piperidine rings is 1. The summed E-state index contributed by atoms with van der Waals surface area (Å²) in [5.74, 6) is -0.274. The Hall–Kier alpha value is -3.44. The molecule has 4 heterocycles. The second-order valence-corrected chi connectivity index (χ2v) is 11.2. The van der Waals surface area contributed by atoms with Gasteiger partial charge in [-0.3, -0.25) is 9.78 Å². The molecule has 0 spiro atoms. The highest BCUT2D eigenvalue weighted by atomic mass is 32.2. The molecule has 5 rings (SSSR count). The van der Waals surface area contributed by atoms with Crippen LogP contribution >= 0.6 is 11.3 Å². The molecule has 0 radical (unpaired) electrons. The first kappa shape index (κ1) is 23.3. The minimum Gasteiger partial charge on any atom is -0.473 e. The van der Waals surface area contributed by atoms with Gasteiger partial charge in [-0.15, -0.1) is 11.3 Å². The summed E-state index contributed by atoms with van der Waals surface area (Å²) in [5.41, 5.74) is 1.91. The van der Waals surface area contributed by atoms with Crippen LogP contribution in [-0.2, 0) is 9.84 Å². The lowest BCUT2D eigenvalue weighted by atomic mass is 10.1. The Morgan fingerprint density at radius 2 is 1.97 bits per heavy atom. The molecule has 1 saturated heterocycles. The fourth-order valence-electron chi connectivity index (χ4n) is 4.06. The summed E-state index contributed by atoms with van der Waals surface area (Å²) in [6.45, 7) is 1.11. The predicted molar refractivity (Wildman–Crippen MR) is 130 cm³/mol. The number of aromatic nitrogens is 3. The van der Waals surface area contributed by atoms with E-state index in [0.717, 1.165) is 12.3 Å². The summed E-state index contributed by atoms with van der Waals surface area (Å²) >= 11 is 1.34. The van der Waals surface area contributed by atoms with Crippen LogP contribution in [0.3, 0.4) is 0 Å². The van der Waals surface area contributed by atoms with Crippen molar-refractivity contribution in [3.63, 3.8) is 0 Å². The van der Waals surface area contributed by atoms with Crippen LogP contribution < -0.4 is 4.74 Å². The van der Waals surface area contributed by atoms with Crippen molar-refractivity contribution in [2.75, 3.05) is 19.3 Å². The highest BCUT2D eigenvalue weighted by Crippen LogP contribution is 2.38. The monoisotopic (exact) mass is 512 g/mol. The molecule has 35 heavy (non-hydrogen) atoms. The Morgan fingerprint density at radius 1 is 1.17 bits per heavy atom. The van der Waals surface area contributed by atoms with E-state index in [1.54, 1.807) is 34.8 Å². The number of rotatable bonds is 5. The van der Waals surface area contributed by atoms with E-state index in [1.807, 2.05) is 0 Å². The van der Waals surface area contributed by atoms with E-state index in [4.69, 9.17) is 4.74 Å². The number of sulfone groups is 1. The molecule has 1 fully saturated rings. The summed E-state index contributed by atoms with van der Waals surface area (Å²) in [6.07, 6.45) is 6.79. The van der Waals surface area contributed by atoms with E-state index >= 15 is 0 Å². The zero-order valence-corrected chi connectivity index (χ0v) is 20.4. The lowest BCUT2D eigenvalue weighted by Crippen LogP contribution is -2.41. The molecule has 0 bridgehead atoms. The van der Waals surface area contributed by atoms with E-state index in [0.29, 0.717) is 53.2 Å². The molecule has 3 aromatic heterocycles. The normalized spacial score (nSPS) is 14.9. The van der Waals surface area contributed by atoms with Crippen molar-refractivity contribution >= 4 is 37.3 Å². The van der Waals surface area contributed by atoms with Crippen molar-refractivity contribution in [1.29, 1.82) is 0 Å². The van der Waals surface area contributed by atoms with Gasteiger partial charge in [0.1, 0.15) is 22.9 Å². The maximum Gasteiger partial charge on any atom is 0.255 e. The van der Waals surface area contributed by atoms with Gasteiger partial charge in [0.2, 0.25) is 5.88 Å². The minimum absolute atomic E-state index is 0.0483. The number of halogens is 1. The molecule has 1 amide bonds. The van der Waals surface area contributed by atoms with Gasteiger partial charge in [0.05, 0.1) is 16.0 Å². The Labute approximate surface area is 205 Å². The highest BCUT2D eigenvalue weighted by Gasteiger charge is 2.26. The van der Waals surface area contributed by atoms with Gasteiger partial charge in [0.15, 0.2) is 9.84 Å². The third kappa shape index (κ3) is 4.73. The first-order valence-corrected chi connectivity index (χ1v) is 13.7. The molecular weight excluding hydrogens is 491 g/mol. The second-order valence-electron chi connectivity index (χ2n) is 8.27. The Balaban J connectivity index is 1.33. The average Bonchev–Trinajstić information content (AvgIpc) is 3.29. The van der Waals surface area contributed by atoms with Gasteiger partial charge in [-0.25, -0.2) is 22.8 Å². The third-order valence-corrected chi connectivity index (χ3v) is 7.96. The molecule has 0 atom stereocenters. The number of ether oxygens (including phenoxy) is 1. The van der Waals surface area contributed by atoms with Crippen LogP contribution in [0.4, 0.5) is 4.39 Å². The van der Waals surface area contributed by atoms with Gasteiger partial charge in [-0.1, -0.05) is 6.07 Å². The molecule has 0 saturated carbocycles. The van der Waals surface area contributed by atoms with Crippen LogP contribution in [0, 0.1) is 5.82 Å². The zero-order chi connectivity index (χ0) is 24.6. The number of amides is 1. The van der Waals surface area contributed by atoms with E-state index in [-0.39, 0.29) is 22.5 Å². The molecule has 1 aromatic carbocycles. The van der Waals surface area contributed by atoms with Crippen LogP contribution in [-0.4, -0.2) is 59.6 Å². The summed E-state index contributed by atoms with van der Waals surface area (Å²) in [4.78, 5) is 27.0. The fraction of sp³-hybridized carbons (Fsp3) is 0.250. The van der Waals surface area contributed by atoms with Crippen LogP contribution in [0.1, 0.15) is 23.2 Å². The van der Waals surface area contributed by atoms with Gasteiger partial charge < -0.3 is 9.64 Å². The summed E-state index contributed by atoms with van der Waals surface area (Å²) in [5, 5.41) is 1.76. The summed E-state index contributed by atoms with van der Waals surface area (Å²) in [6, 6.07) is 7.35. The second kappa shape index (κ2) is 9.31. The standard InChI is InChI=1S/C24H21FN4O4S2/c1-35(31,32)17-4-5-18(20(25)11-17)19-13-34-22-21(19)27-14-28-23(22)33-16-6-9-29(10-7-16)24(30)15-3-2-8-26-12-15/h2-5,8,11-14,16H,6-7,9-10H2,1H3. The van der Waals surface area contributed by atoms with Crippen molar-refractivity contribution in [2.45, 2.75) is 23.8 Å². The first-order chi connectivity index (χ1) is 16.8. The first-order valence-electron chi connectivity index (χ1n) is 10.9. The molecule has 4 aromatic rings. The quantitative estimate of drug-likeness (QED) is 0.399. The average molecular weight is 513 g/mol. The number of hydrogen-bond donors (Lipinski definition) is 0. The van der Waals surface area contributed by atoms with Gasteiger partial charge in [0.25, 0.3) is 5.91 Å². The number of nitrogens with zero attached hydrogens (tertiary/aromatic N) is 4. The van der Waals surface area contributed by atoms with Gasteiger partial charge in [-0.05, 0) is 24.3 Å².